The van der Waals surface area contributed by atoms with Gasteiger partial charge in [0.1, 0.15) is 0 Å². The number of hydrogen-bond donors (Lipinski definition) is 1. The van der Waals surface area contributed by atoms with Gasteiger partial charge < -0.3 is 10.1 Å². The maximum absolute atomic E-state index is 13.2. The number of anilines is 1. The van der Waals surface area contributed by atoms with Crippen molar-refractivity contribution >= 4 is 11.8 Å². The summed E-state index contributed by atoms with van der Waals surface area (Å²) < 4.78 is 18.0. The lowest BCUT2D eigenvalue weighted by atomic mass is 10.1. The largest absolute Gasteiger partial charge is 0.494 e. The van der Waals surface area contributed by atoms with Crippen molar-refractivity contribution in [1.29, 1.82) is 0 Å². The van der Waals surface area contributed by atoms with Gasteiger partial charge in [-0.3, -0.25) is 0 Å². The van der Waals surface area contributed by atoms with Crippen LogP contribution in [0.1, 0.15) is 19.4 Å². The van der Waals surface area contributed by atoms with Gasteiger partial charge in [0.05, 0.1) is 7.11 Å². The van der Waals surface area contributed by atoms with Gasteiger partial charge in [-0.25, -0.2) is 4.39 Å². The molecule has 0 aliphatic rings. The fraction of sp³-hybridized carbons (Fsp3) is 0.333. The molecule has 84 valence electrons. The Morgan fingerprint density at radius 1 is 1.40 bits per heavy atom. The van der Waals surface area contributed by atoms with Gasteiger partial charge in [0.2, 0.25) is 0 Å². The molecule has 0 aliphatic heterocycles. The molecule has 0 radical (unpaired) electrons. The summed E-state index contributed by atoms with van der Waals surface area (Å²) in [7, 11) is 3.17. The summed E-state index contributed by atoms with van der Waals surface area (Å²) in [6.45, 7) is 7.63. The number of methoxy groups -OCH3 is 1. The van der Waals surface area contributed by atoms with Crippen LogP contribution in [0, 0.1) is 5.82 Å². The second-order valence-corrected chi connectivity index (χ2v) is 2.53. The molecule has 1 N–H and O–H groups in total. The molecule has 0 aliphatic carbocycles. The van der Waals surface area contributed by atoms with Crippen LogP contribution >= 0.6 is 0 Å². The van der Waals surface area contributed by atoms with Gasteiger partial charge >= 0.3 is 0 Å². The van der Waals surface area contributed by atoms with Crippen LogP contribution in [0.4, 0.5) is 10.1 Å². The average molecular weight is 211 g/mol. The first-order valence-electron chi connectivity index (χ1n) is 4.90. The minimum atomic E-state index is -0.377. The standard InChI is InChI=1S/C10H12FNO.C2H6/c1-4-7-5-10(13-3)8(11)6-9(7)12-2;1-2/h4-6,12H,1H2,2-3H3;1-2H3. The molecular formula is C12H18FNO. The minimum Gasteiger partial charge on any atom is -0.494 e. The SMILES string of the molecule is C=Cc1cc(OC)c(F)cc1NC.CC. The zero-order valence-corrected chi connectivity index (χ0v) is 9.73. The van der Waals surface area contributed by atoms with Crippen LogP contribution in [-0.2, 0) is 0 Å². The van der Waals surface area contributed by atoms with Gasteiger partial charge in [-0.1, -0.05) is 26.5 Å². The Bertz CT molecular complexity index is 324. The van der Waals surface area contributed by atoms with Gasteiger partial charge in [0.25, 0.3) is 0 Å². The first kappa shape index (κ1) is 13.5. The summed E-state index contributed by atoms with van der Waals surface area (Å²) in [6, 6.07) is 2.99. The Morgan fingerprint density at radius 3 is 2.40 bits per heavy atom. The molecule has 0 bridgehead atoms. The third-order valence-electron chi connectivity index (χ3n) is 1.81. The summed E-state index contributed by atoms with van der Waals surface area (Å²) in [5.41, 5.74) is 1.52. The van der Waals surface area contributed by atoms with Crippen molar-refractivity contribution in [2.45, 2.75) is 13.8 Å². The molecule has 0 amide bonds. The number of nitrogens with one attached hydrogen (secondary N) is 1. The monoisotopic (exact) mass is 211 g/mol. The Hall–Kier alpha value is -1.51. The van der Waals surface area contributed by atoms with Crippen LogP contribution in [-0.4, -0.2) is 14.2 Å². The van der Waals surface area contributed by atoms with Gasteiger partial charge in [0, 0.05) is 24.4 Å². The maximum atomic E-state index is 13.2. The van der Waals surface area contributed by atoms with Crippen LogP contribution in [0.3, 0.4) is 0 Å². The maximum Gasteiger partial charge on any atom is 0.167 e. The van der Waals surface area contributed by atoms with E-state index in [1.54, 1.807) is 19.2 Å². The molecular weight excluding hydrogens is 193 g/mol. The van der Waals surface area contributed by atoms with Crippen molar-refractivity contribution in [3.63, 3.8) is 0 Å². The number of hydrogen-bond acceptors (Lipinski definition) is 2. The van der Waals surface area contributed by atoms with Gasteiger partial charge in [-0.2, -0.15) is 0 Å². The molecule has 0 atom stereocenters. The summed E-state index contributed by atoms with van der Waals surface area (Å²) in [5, 5.41) is 2.87. The Balaban J connectivity index is 0.000000921. The molecule has 0 saturated heterocycles. The van der Waals surface area contributed by atoms with Crippen molar-refractivity contribution < 1.29 is 9.13 Å². The van der Waals surface area contributed by atoms with Crippen molar-refractivity contribution in [2.24, 2.45) is 0 Å². The van der Waals surface area contributed by atoms with Crippen LogP contribution in [0.15, 0.2) is 18.7 Å². The molecule has 0 heterocycles. The van der Waals surface area contributed by atoms with E-state index in [1.165, 1.54) is 13.2 Å². The van der Waals surface area contributed by atoms with Gasteiger partial charge in [-0.15, -0.1) is 0 Å². The molecule has 3 heteroatoms. The number of ether oxygens (including phenoxy) is 1. The first-order chi connectivity index (χ1) is 7.22. The highest BCUT2D eigenvalue weighted by molar-refractivity contribution is 5.67. The fourth-order valence-corrected chi connectivity index (χ4v) is 1.11. The second-order valence-electron chi connectivity index (χ2n) is 2.53. The predicted octanol–water partition coefficient (Wildman–Crippen LogP) is 3.55. The first-order valence-corrected chi connectivity index (χ1v) is 4.90. The highest BCUT2D eigenvalue weighted by Gasteiger charge is 2.06. The number of halogens is 1. The Morgan fingerprint density at radius 2 is 2.00 bits per heavy atom. The zero-order chi connectivity index (χ0) is 11.8. The molecule has 0 unspecified atom stereocenters. The molecule has 1 aromatic rings. The number of benzene rings is 1. The van der Waals surface area contributed by atoms with E-state index >= 15 is 0 Å². The van der Waals surface area contributed by atoms with Crippen molar-refractivity contribution in [3.05, 3.63) is 30.1 Å². The quantitative estimate of drug-likeness (QED) is 0.825. The van der Waals surface area contributed by atoms with E-state index in [0.717, 1.165) is 5.56 Å². The summed E-state index contributed by atoms with van der Waals surface area (Å²) >= 11 is 0. The van der Waals surface area contributed by atoms with E-state index in [2.05, 4.69) is 11.9 Å². The molecule has 1 rings (SSSR count). The molecule has 1 aromatic carbocycles. The lowest BCUT2D eigenvalue weighted by molar-refractivity contribution is 0.386. The van der Waals surface area contributed by atoms with Crippen molar-refractivity contribution in [2.75, 3.05) is 19.5 Å². The van der Waals surface area contributed by atoms with E-state index in [1.807, 2.05) is 13.8 Å². The highest BCUT2D eigenvalue weighted by atomic mass is 19.1. The normalized spacial score (nSPS) is 8.60. The molecule has 15 heavy (non-hydrogen) atoms. The Labute approximate surface area is 90.8 Å². The van der Waals surface area contributed by atoms with E-state index < -0.39 is 0 Å². The van der Waals surface area contributed by atoms with Crippen LogP contribution in [0.25, 0.3) is 6.08 Å². The molecule has 0 spiro atoms. The zero-order valence-electron chi connectivity index (χ0n) is 9.73. The minimum absolute atomic E-state index is 0.230. The third kappa shape index (κ3) is 3.27. The van der Waals surface area contributed by atoms with Crippen molar-refractivity contribution in [1.82, 2.24) is 0 Å². The molecule has 2 nitrogen and oxygen atoms in total. The third-order valence-corrected chi connectivity index (χ3v) is 1.81. The smallest absolute Gasteiger partial charge is 0.167 e. The van der Waals surface area contributed by atoms with Gasteiger partial charge in [0.15, 0.2) is 11.6 Å². The fourth-order valence-electron chi connectivity index (χ4n) is 1.11. The van der Waals surface area contributed by atoms with Crippen LogP contribution in [0.2, 0.25) is 0 Å². The summed E-state index contributed by atoms with van der Waals surface area (Å²) in [4.78, 5) is 0. The van der Waals surface area contributed by atoms with Crippen LogP contribution < -0.4 is 10.1 Å². The summed E-state index contributed by atoms with van der Waals surface area (Å²) in [6.07, 6.45) is 1.65. The lowest BCUT2D eigenvalue weighted by Gasteiger charge is -2.08. The second kappa shape index (κ2) is 6.87. The predicted molar refractivity (Wildman–Crippen MR) is 63.9 cm³/mol. The molecule has 0 aromatic heterocycles. The molecule has 0 fully saturated rings. The average Bonchev–Trinajstić information content (AvgIpc) is 2.31. The number of rotatable bonds is 3. The van der Waals surface area contributed by atoms with E-state index in [9.17, 15) is 4.39 Å². The lowest BCUT2D eigenvalue weighted by Crippen LogP contribution is -1.95. The van der Waals surface area contributed by atoms with Crippen molar-refractivity contribution in [3.8, 4) is 5.75 Å². The topological polar surface area (TPSA) is 21.3 Å². The Kier molecular flexibility index (Phi) is 6.18. The molecule has 0 saturated carbocycles. The van der Waals surface area contributed by atoms with E-state index in [-0.39, 0.29) is 11.6 Å². The van der Waals surface area contributed by atoms with Crippen LogP contribution in [0.5, 0.6) is 5.75 Å². The van der Waals surface area contributed by atoms with E-state index in [0.29, 0.717) is 5.69 Å². The highest BCUT2D eigenvalue weighted by Crippen LogP contribution is 2.26. The van der Waals surface area contributed by atoms with Gasteiger partial charge in [-0.05, 0) is 6.07 Å². The summed E-state index contributed by atoms with van der Waals surface area (Å²) in [5.74, 6) is -0.147. The van der Waals surface area contributed by atoms with E-state index in [4.69, 9.17) is 4.74 Å².